The van der Waals surface area contributed by atoms with E-state index < -0.39 is 0 Å². The number of halogens is 1. The maximum atomic E-state index is 13.0. The summed E-state index contributed by atoms with van der Waals surface area (Å²) < 4.78 is 13.0. The van der Waals surface area contributed by atoms with E-state index in [2.05, 4.69) is 22.2 Å². The molecule has 0 fully saturated rings. The molecule has 0 aliphatic carbocycles. The number of H-pyrrole nitrogens is 1. The number of nitrogens with one attached hydrogen (secondary N) is 2. The first kappa shape index (κ1) is 12.8. The summed E-state index contributed by atoms with van der Waals surface area (Å²) in [6.07, 6.45) is 3.58. The van der Waals surface area contributed by atoms with Crippen molar-refractivity contribution in [2.45, 2.75) is 26.3 Å². The Balaban J connectivity index is 1.94. The van der Waals surface area contributed by atoms with E-state index in [4.69, 9.17) is 0 Å². The second-order valence-electron chi connectivity index (χ2n) is 4.34. The van der Waals surface area contributed by atoms with E-state index >= 15 is 0 Å². The molecular formula is C14H18FN3. The van der Waals surface area contributed by atoms with E-state index in [9.17, 15) is 4.39 Å². The van der Waals surface area contributed by atoms with Crippen molar-refractivity contribution in [2.75, 3.05) is 6.54 Å². The molecule has 0 aliphatic heterocycles. The summed E-state index contributed by atoms with van der Waals surface area (Å²) in [7, 11) is 0. The standard InChI is InChI=1S/C14H18FN3/c1-2-6-16-9-13-10-17-14(18-13)8-11-4-3-5-12(15)7-11/h3-5,7,10,16H,2,6,8-9H2,1H3,(H,17,18). The predicted molar refractivity (Wildman–Crippen MR) is 69.8 cm³/mol. The number of imidazole rings is 1. The molecule has 1 aromatic heterocycles. The Kier molecular flexibility index (Phi) is 4.47. The van der Waals surface area contributed by atoms with Crippen molar-refractivity contribution in [3.05, 3.63) is 53.4 Å². The lowest BCUT2D eigenvalue weighted by atomic mass is 10.1. The van der Waals surface area contributed by atoms with E-state index in [1.807, 2.05) is 12.3 Å². The van der Waals surface area contributed by atoms with Crippen LogP contribution in [0.3, 0.4) is 0 Å². The highest BCUT2D eigenvalue weighted by atomic mass is 19.1. The molecule has 0 atom stereocenters. The Hall–Kier alpha value is -1.68. The van der Waals surface area contributed by atoms with Crippen LogP contribution in [0.25, 0.3) is 0 Å². The summed E-state index contributed by atoms with van der Waals surface area (Å²) >= 11 is 0. The average molecular weight is 247 g/mol. The highest BCUT2D eigenvalue weighted by Crippen LogP contribution is 2.08. The van der Waals surface area contributed by atoms with Gasteiger partial charge in [0.2, 0.25) is 0 Å². The Morgan fingerprint density at radius 1 is 1.39 bits per heavy atom. The zero-order valence-electron chi connectivity index (χ0n) is 10.5. The first-order valence-corrected chi connectivity index (χ1v) is 6.26. The fourth-order valence-corrected chi connectivity index (χ4v) is 1.83. The molecule has 1 aromatic carbocycles. The number of rotatable bonds is 6. The van der Waals surface area contributed by atoms with Gasteiger partial charge in [0.05, 0.1) is 0 Å². The summed E-state index contributed by atoms with van der Waals surface area (Å²) in [4.78, 5) is 7.55. The summed E-state index contributed by atoms with van der Waals surface area (Å²) in [6, 6.07) is 6.61. The molecule has 2 aromatic rings. The van der Waals surface area contributed by atoms with Crippen LogP contribution >= 0.6 is 0 Å². The van der Waals surface area contributed by atoms with Crippen LogP contribution in [0.5, 0.6) is 0 Å². The maximum Gasteiger partial charge on any atom is 0.123 e. The average Bonchev–Trinajstić information content (AvgIpc) is 2.77. The first-order valence-electron chi connectivity index (χ1n) is 6.26. The molecule has 0 unspecified atom stereocenters. The molecule has 4 heteroatoms. The van der Waals surface area contributed by atoms with Crippen molar-refractivity contribution in [2.24, 2.45) is 0 Å². The third-order valence-corrected chi connectivity index (χ3v) is 2.68. The Morgan fingerprint density at radius 2 is 2.28 bits per heavy atom. The van der Waals surface area contributed by atoms with Crippen LogP contribution in [0, 0.1) is 5.82 Å². The summed E-state index contributed by atoms with van der Waals surface area (Å²) in [5.41, 5.74) is 1.99. The lowest BCUT2D eigenvalue weighted by Gasteiger charge is -2.00. The zero-order valence-corrected chi connectivity index (χ0v) is 10.5. The van der Waals surface area contributed by atoms with E-state index in [1.54, 1.807) is 6.07 Å². The molecule has 0 saturated carbocycles. The molecule has 0 radical (unpaired) electrons. The summed E-state index contributed by atoms with van der Waals surface area (Å²) in [6.45, 7) is 3.93. The summed E-state index contributed by atoms with van der Waals surface area (Å²) in [5.74, 6) is 0.665. The van der Waals surface area contributed by atoms with Crippen LogP contribution < -0.4 is 5.32 Å². The van der Waals surface area contributed by atoms with Crippen LogP contribution in [-0.4, -0.2) is 16.5 Å². The van der Waals surface area contributed by atoms with Crippen LogP contribution in [0.4, 0.5) is 4.39 Å². The van der Waals surface area contributed by atoms with Gasteiger partial charge in [0, 0.05) is 24.9 Å². The van der Waals surface area contributed by atoms with Crippen molar-refractivity contribution < 1.29 is 4.39 Å². The van der Waals surface area contributed by atoms with Crippen molar-refractivity contribution in [3.63, 3.8) is 0 Å². The minimum atomic E-state index is -0.205. The quantitative estimate of drug-likeness (QED) is 0.770. The molecule has 0 bridgehead atoms. The lowest BCUT2D eigenvalue weighted by Crippen LogP contribution is -2.13. The van der Waals surface area contributed by atoms with Gasteiger partial charge in [0.25, 0.3) is 0 Å². The highest BCUT2D eigenvalue weighted by Gasteiger charge is 2.02. The Labute approximate surface area is 106 Å². The third-order valence-electron chi connectivity index (χ3n) is 2.68. The maximum absolute atomic E-state index is 13.0. The van der Waals surface area contributed by atoms with E-state index in [0.29, 0.717) is 6.42 Å². The fraction of sp³-hybridized carbons (Fsp3) is 0.357. The second-order valence-corrected chi connectivity index (χ2v) is 4.34. The largest absolute Gasteiger partial charge is 0.345 e. The lowest BCUT2D eigenvalue weighted by molar-refractivity contribution is 0.626. The topological polar surface area (TPSA) is 40.7 Å². The summed E-state index contributed by atoms with van der Waals surface area (Å²) in [5, 5.41) is 3.31. The smallest absolute Gasteiger partial charge is 0.123 e. The fourth-order valence-electron chi connectivity index (χ4n) is 1.83. The van der Waals surface area contributed by atoms with Crippen LogP contribution in [0.1, 0.15) is 30.4 Å². The van der Waals surface area contributed by atoms with Gasteiger partial charge in [-0.1, -0.05) is 19.1 Å². The van der Waals surface area contributed by atoms with Gasteiger partial charge in [-0.15, -0.1) is 0 Å². The number of nitrogens with zero attached hydrogens (tertiary/aromatic N) is 1. The Bertz CT molecular complexity index is 493. The van der Waals surface area contributed by atoms with E-state index in [0.717, 1.165) is 36.6 Å². The molecule has 0 spiro atoms. The van der Waals surface area contributed by atoms with Crippen LogP contribution in [0.15, 0.2) is 30.5 Å². The van der Waals surface area contributed by atoms with Gasteiger partial charge in [-0.25, -0.2) is 9.37 Å². The van der Waals surface area contributed by atoms with Gasteiger partial charge in [-0.3, -0.25) is 0 Å². The van der Waals surface area contributed by atoms with Gasteiger partial charge < -0.3 is 10.3 Å². The zero-order chi connectivity index (χ0) is 12.8. The number of hydrogen-bond acceptors (Lipinski definition) is 2. The van der Waals surface area contributed by atoms with Gasteiger partial charge in [-0.05, 0) is 30.7 Å². The van der Waals surface area contributed by atoms with E-state index in [1.165, 1.54) is 12.1 Å². The third kappa shape index (κ3) is 3.67. The van der Waals surface area contributed by atoms with Crippen molar-refractivity contribution in [3.8, 4) is 0 Å². The first-order chi connectivity index (χ1) is 8.78. The number of hydrogen-bond donors (Lipinski definition) is 2. The minimum Gasteiger partial charge on any atom is -0.345 e. The number of benzene rings is 1. The Morgan fingerprint density at radius 3 is 3.06 bits per heavy atom. The van der Waals surface area contributed by atoms with Gasteiger partial charge in [0.15, 0.2) is 0 Å². The van der Waals surface area contributed by atoms with Crippen LogP contribution in [0.2, 0.25) is 0 Å². The molecule has 2 rings (SSSR count). The number of aromatic nitrogens is 2. The highest BCUT2D eigenvalue weighted by molar-refractivity contribution is 5.20. The molecule has 2 N–H and O–H groups in total. The van der Waals surface area contributed by atoms with Gasteiger partial charge in [0.1, 0.15) is 11.6 Å². The van der Waals surface area contributed by atoms with Crippen molar-refractivity contribution in [1.82, 2.24) is 15.3 Å². The SMILES string of the molecule is CCCNCc1cnc(Cc2cccc(F)c2)[nH]1. The normalized spacial score (nSPS) is 10.8. The van der Waals surface area contributed by atoms with Crippen molar-refractivity contribution in [1.29, 1.82) is 0 Å². The molecule has 1 heterocycles. The monoisotopic (exact) mass is 247 g/mol. The molecule has 96 valence electrons. The minimum absolute atomic E-state index is 0.205. The number of aromatic amines is 1. The molecule has 0 aliphatic rings. The molecular weight excluding hydrogens is 229 g/mol. The van der Waals surface area contributed by atoms with Crippen molar-refractivity contribution >= 4 is 0 Å². The van der Waals surface area contributed by atoms with Crippen LogP contribution in [-0.2, 0) is 13.0 Å². The van der Waals surface area contributed by atoms with Gasteiger partial charge >= 0.3 is 0 Å². The predicted octanol–water partition coefficient (Wildman–Crippen LogP) is 2.64. The molecule has 0 amide bonds. The molecule has 0 saturated heterocycles. The van der Waals surface area contributed by atoms with E-state index in [-0.39, 0.29) is 5.82 Å². The molecule has 18 heavy (non-hydrogen) atoms. The molecule has 3 nitrogen and oxygen atoms in total. The van der Waals surface area contributed by atoms with Gasteiger partial charge in [-0.2, -0.15) is 0 Å². The second kappa shape index (κ2) is 6.31.